The highest BCUT2D eigenvalue weighted by Gasteiger charge is 2.15. The van der Waals surface area contributed by atoms with Crippen LogP contribution in [0.1, 0.15) is 32.9 Å². The maximum absolute atomic E-state index is 12.8. The zero-order valence-electron chi connectivity index (χ0n) is 18.0. The second kappa shape index (κ2) is 11.0. The first-order valence-electron chi connectivity index (χ1n) is 9.92. The Labute approximate surface area is 189 Å². The third-order valence-electron chi connectivity index (χ3n) is 4.83. The molecule has 0 saturated carbocycles. The molecule has 0 aliphatic rings. The summed E-state index contributed by atoms with van der Waals surface area (Å²) in [5.74, 6) is 1.40. The Morgan fingerprint density at radius 2 is 1.97 bits per heavy atom. The topological polar surface area (TPSA) is 73.6 Å². The maximum atomic E-state index is 12.8. The van der Waals surface area contributed by atoms with E-state index in [4.69, 9.17) is 9.26 Å². The van der Waals surface area contributed by atoms with E-state index in [-0.39, 0.29) is 17.4 Å². The number of methoxy groups -OCH3 is 1. The molecule has 1 heterocycles. The SMILES string of the molecule is COc1ccc(CCNC(=O)c2ccccc2SCc2c(C)noc2C)cc1OC(F)F. The second-order valence-corrected chi connectivity index (χ2v) is 7.97. The van der Waals surface area contributed by atoms with Gasteiger partial charge in [-0.1, -0.05) is 23.4 Å². The summed E-state index contributed by atoms with van der Waals surface area (Å²) in [6.07, 6.45) is 0.448. The number of nitrogens with zero attached hydrogens (tertiary/aromatic N) is 1. The van der Waals surface area contributed by atoms with Crippen LogP contribution in [0, 0.1) is 13.8 Å². The van der Waals surface area contributed by atoms with Crippen molar-refractivity contribution >= 4 is 17.7 Å². The lowest BCUT2D eigenvalue weighted by atomic mass is 10.1. The zero-order valence-corrected chi connectivity index (χ0v) is 18.8. The molecule has 170 valence electrons. The largest absolute Gasteiger partial charge is 0.493 e. The van der Waals surface area contributed by atoms with Gasteiger partial charge in [-0.3, -0.25) is 4.79 Å². The van der Waals surface area contributed by atoms with E-state index in [0.717, 1.165) is 27.5 Å². The van der Waals surface area contributed by atoms with Gasteiger partial charge < -0.3 is 19.3 Å². The van der Waals surface area contributed by atoms with Crippen molar-refractivity contribution in [2.75, 3.05) is 13.7 Å². The van der Waals surface area contributed by atoms with Gasteiger partial charge in [-0.05, 0) is 50.1 Å². The molecular formula is C23H24F2N2O4S. The number of hydrogen-bond donors (Lipinski definition) is 1. The highest BCUT2D eigenvalue weighted by Crippen LogP contribution is 2.30. The Morgan fingerprint density at radius 1 is 1.19 bits per heavy atom. The molecule has 0 bridgehead atoms. The number of halogens is 2. The smallest absolute Gasteiger partial charge is 0.387 e. The first-order valence-corrected chi connectivity index (χ1v) is 10.9. The molecule has 1 aromatic heterocycles. The van der Waals surface area contributed by atoms with Gasteiger partial charge in [-0.15, -0.1) is 11.8 Å². The lowest BCUT2D eigenvalue weighted by Gasteiger charge is -2.12. The lowest BCUT2D eigenvalue weighted by Crippen LogP contribution is -2.26. The van der Waals surface area contributed by atoms with E-state index in [9.17, 15) is 13.6 Å². The van der Waals surface area contributed by atoms with Crippen LogP contribution in [0.4, 0.5) is 8.78 Å². The Hall–Kier alpha value is -3.07. The summed E-state index contributed by atoms with van der Waals surface area (Å²) in [5.41, 5.74) is 3.17. The van der Waals surface area contributed by atoms with Crippen LogP contribution in [0.3, 0.4) is 0 Å². The lowest BCUT2D eigenvalue weighted by molar-refractivity contribution is -0.0512. The van der Waals surface area contributed by atoms with Gasteiger partial charge in [-0.2, -0.15) is 8.78 Å². The van der Waals surface area contributed by atoms with Crippen LogP contribution in [0.15, 0.2) is 51.9 Å². The summed E-state index contributed by atoms with van der Waals surface area (Å²) in [6.45, 7) is 1.15. The van der Waals surface area contributed by atoms with Crippen molar-refractivity contribution in [2.45, 2.75) is 37.5 Å². The van der Waals surface area contributed by atoms with E-state index < -0.39 is 6.61 Å². The van der Waals surface area contributed by atoms with E-state index >= 15 is 0 Å². The fourth-order valence-electron chi connectivity index (χ4n) is 3.12. The number of aromatic nitrogens is 1. The third kappa shape index (κ3) is 6.00. The molecule has 0 unspecified atom stereocenters. The van der Waals surface area contributed by atoms with E-state index in [2.05, 4.69) is 15.2 Å². The minimum Gasteiger partial charge on any atom is -0.493 e. The van der Waals surface area contributed by atoms with Gasteiger partial charge in [0.2, 0.25) is 0 Å². The first kappa shape index (κ1) is 23.6. The summed E-state index contributed by atoms with van der Waals surface area (Å²) < 4.78 is 39.9. The number of carbonyl (C=O) groups excluding carboxylic acids is 1. The van der Waals surface area contributed by atoms with Crippen LogP contribution in [0.25, 0.3) is 0 Å². The summed E-state index contributed by atoms with van der Waals surface area (Å²) in [7, 11) is 1.38. The average Bonchev–Trinajstić information content (AvgIpc) is 3.09. The fourth-order valence-corrected chi connectivity index (χ4v) is 4.32. The van der Waals surface area contributed by atoms with Crippen LogP contribution in [-0.4, -0.2) is 31.3 Å². The summed E-state index contributed by atoms with van der Waals surface area (Å²) in [6, 6.07) is 12.2. The summed E-state index contributed by atoms with van der Waals surface area (Å²) in [5, 5.41) is 6.85. The van der Waals surface area contributed by atoms with Crippen LogP contribution >= 0.6 is 11.8 Å². The van der Waals surface area contributed by atoms with Gasteiger partial charge in [0, 0.05) is 22.8 Å². The molecule has 3 rings (SSSR count). The number of ether oxygens (including phenoxy) is 2. The molecule has 0 saturated heterocycles. The number of alkyl halides is 2. The number of carbonyl (C=O) groups is 1. The zero-order chi connectivity index (χ0) is 23.1. The molecule has 9 heteroatoms. The van der Waals surface area contributed by atoms with Crippen LogP contribution < -0.4 is 14.8 Å². The number of nitrogens with one attached hydrogen (secondary N) is 1. The Morgan fingerprint density at radius 3 is 2.66 bits per heavy atom. The molecule has 1 N–H and O–H groups in total. The standard InChI is InChI=1S/C23H24F2N2O4S/c1-14-18(15(2)31-27-14)13-32-21-7-5-4-6-17(21)22(28)26-11-10-16-8-9-19(29-3)20(12-16)30-23(24)25/h4-9,12,23H,10-11,13H2,1-3H3,(H,26,28). The third-order valence-corrected chi connectivity index (χ3v) is 5.93. The van der Waals surface area contributed by atoms with E-state index in [1.165, 1.54) is 13.2 Å². The van der Waals surface area contributed by atoms with Crippen LogP contribution in [-0.2, 0) is 12.2 Å². The molecule has 32 heavy (non-hydrogen) atoms. The highest BCUT2D eigenvalue weighted by molar-refractivity contribution is 7.98. The van der Waals surface area contributed by atoms with E-state index in [1.807, 2.05) is 32.0 Å². The van der Waals surface area contributed by atoms with Gasteiger partial charge in [0.1, 0.15) is 5.76 Å². The Kier molecular flexibility index (Phi) is 8.10. The average molecular weight is 463 g/mol. The molecule has 0 radical (unpaired) electrons. The summed E-state index contributed by atoms with van der Waals surface area (Å²) >= 11 is 1.54. The summed E-state index contributed by atoms with van der Waals surface area (Å²) in [4.78, 5) is 13.6. The van der Waals surface area contributed by atoms with Gasteiger partial charge in [0.25, 0.3) is 5.91 Å². The van der Waals surface area contributed by atoms with Crippen molar-refractivity contribution in [3.8, 4) is 11.5 Å². The predicted octanol–water partition coefficient (Wildman–Crippen LogP) is 5.17. The molecule has 0 spiro atoms. The normalized spacial score (nSPS) is 10.9. The van der Waals surface area contributed by atoms with Gasteiger partial charge >= 0.3 is 6.61 Å². The van der Waals surface area contributed by atoms with Crippen molar-refractivity contribution in [1.82, 2.24) is 10.5 Å². The van der Waals surface area contributed by atoms with Crippen molar-refractivity contribution in [3.05, 3.63) is 70.6 Å². The quantitative estimate of drug-likeness (QED) is 0.419. The minimum atomic E-state index is -2.95. The predicted molar refractivity (Wildman–Crippen MR) is 118 cm³/mol. The minimum absolute atomic E-state index is 0.0348. The number of aryl methyl sites for hydroxylation is 2. The van der Waals surface area contributed by atoms with Crippen molar-refractivity contribution in [2.24, 2.45) is 0 Å². The molecule has 0 aliphatic carbocycles. The number of thioether (sulfide) groups is 1. The van der Waals surface area contributed by atoms with Crippen molar-refractivity contribution in [1.29, 1.82) is 0 Å². The molecule has 0 atom stereocenters. The fraction of sp³-hybridized carbons (Fsp3) is 0.304. The Bertz CT molecular complexity index is 1050. The van der Waals surface area contributed by atoms with Gasteiger partial charge in [0.05, 0.1) is 18.4 Å². The number of benzene rings is 2. The molecule has 3 aromatic rings. The molecular weight excluding hydrogens is 438 g/mol. The first-order chi connectivity index (χ1) is 15.4. The molecule has 2 aromatic carbocycles. The number of rotatable bonds is 10. The second-order valence-electron chi connectivity index (χ2n) is 6.96. The molecule has 0 aliphatic heterocycles. The van der Waals surface area contributed by atoms with Crippen molar-refractivity contribution in [3.63, 3.8) is 0 Å². The Balaban J connectivity index is 1.61. The molecule has 1 amide bonds. The van der Waals surface area contributed by atoms with Crippen LogP contribution in [0.2, 0.25) is 0 Å². The monoisotopic (exact) mass is 462 g/mol. The molecule has 0 fully saturated rings. The van der Waals surface area contributed by atoms with Gasteiger partial charge in [0.15, 0.2) is 11.5 Å². The molecule has 6 nitrogen and oxygen atoms in total. The number of hydrogen-bond acceptors (Lipinski definition) is 6. The number of amides is 1. The maximum Gasteiger partial charge on any atom is 0.387 e. The van der Waals surface area contributed by atoms with E-state index in [1.54, 1.807) is 30.0 Å². The highest BCUT2D eigenvalue weighted by atomic mass is 32.2. The van der Waals surface area contributed by atoms with Crippen molar-refractivity contribution < 1.29 is 27.6 Å². The van der Waals surface area contributed by atoms with Crippen LogP contribution in [0.5, 0.6) is 11.5 Å². The van der Waals surface area contributed by atoms with E-state index in [0.29, 0.717) is 24.3 Å². The van der Waals surface area contributed by atoms with Gasteiger partial charge in [-0.25, -0.2) is 0 Å².